The standard InChI is InChI=1S/C15H29N3O2S2.HI/c1-12(2)13-9-18(7-8-21-13)14(16-3)17-10-15(5-6-15)11-22(4,19)20;/h12-13H,5-11H2,1-4H3,(H,16,17);1H. The summed E-state index contributed by atoms with van der Waals surface area (Å²) in [6.07, 6.45) is 3.32. The molecule has 23 heavy (non-hydrogen) atoms. The second-order valence-electron chi connectivity index (χ2n) is 7.07. The molecule has 1 N–H and O–H groups in total. The minimum Gasteiger partial charge on any atom is -0.356 e. The molecule has 2 rings (SSSR count). The first kappa shape index (κ1) is 21.3. The second-order valence-corrected chi connectivity index (χ2v) is 10.6. The van der Waals surface area contributed by atoms with Crippen LogP contribution >= 0.6 is 35.7 Å². The van der Waals surface area contributed by atoms with Crippen molar-refractivity contribution in [2.45, 2.75) is 31.9 Å². The third kappa shape index (κ3) is 6.61. The molecule has 1 aliphatic carbocycles. The molecule has 0 bridgehead atoms. The van der Waals surface area contributed by atoms with Gasteiger partial charge in [-0.05, 0) is 18.8 Å². The third-order valence-electron chi connectivity index (χ3n) is 4.50. The van der Waals surface area contributed by atoms with Crippen LogP contribution in [-0.4, -0.2) is 69.0 Å². The van der Waals surface area contributed by atoms with Gasteiger partial charge in [0.25, 0.3) is 0 Å². The molecule has 1 atom stereocenters. The van der Waals surface area contributed by atoms with Crippen LogP contribution in [0.2, 0.25) is 0 Å². The Bertz CT molecular complexity index is 519. The number of halogens is 1. The van der Waals surface area contributed by atoms with Gasteiger partial charge < -0.3 is 10.2 Å². The van der Waals surface area contributed by atoms with Gasteiger partial charge in [0.05, 0.1) is 5.75 Å². The number of hydrogen-bond donors (Lipinski definition) is 1. The lowest BCUT2D eigenvalue weighted by atomic mass is 10.1. The van der Waals surface area contributed by atoms with Crippen LogP contribution in [0.1, 0.15) is 26.7 Å². The van der Waals surface area contributed by atoms with E-state index in [2.05, 4.69) is 29.1 Å². The first-order valence-electron chi connectivity index (χ1n) is 8.00. The maximum absolute atomic E-state index is 11.5. The average molecular weight is 475 g/mol. The largest absolute Gasteiger partial charge is 0.356 e. The summed E-state index contributed by atoms with van der Waals surface area (Å²) in [6.45, 7) is 7.27. The first-order valence-corrected chi connectivity index (χ1v) is 11.1. The summed E-state index contributed by atoms with van der Waals surface area (Å²) >= 11 is 2.04. The number of nitrogens with one attached hydrogen (secondary N) is 1. The zero-order chi connectivity index (χ0) is 16.4. The van der Waals surface area contributed by atoms with Gasteiger partial charge in [0.2, 0.25) is 0 Å². The number of thioether (sulfide) groups is 1. The first-order chi connectivity index (χ1) is 10.2. The minimum absolute atomic E-state index is 0. The van der Waals surface area contributed by atoms with Gasteiger partial charge in [-0.2, -0.15) is 11.8 Å². The fourth-order valence-electron chi connectivity index (χ4n) is 2.98. The van der Waals surface area contributed by atoms with Crippen molar-refractivity contribution in [1.29, 1.82) is 0 Å². The van der Waals surface area contributed by atoms with Crippen LogP contribution in [0.25, 0.3) is 0 Å². The molecule has 5 nitrogen and oxygen atoms in total. The predicted molar refractivity (Wildman–Crippen MR) is 111 cm³/mol. The van der Waals surface area contributed by atoms with E-state index >= 15 is 0 Å². The smallest absolute Gasteiger partial charge is 0.193 e. The van der Waals surface area contributed by atoms with Crippen molar-refractivity contribution in [2.24, 2.45) is 16.3 Å². The SMILES string of the molecule is CN=C(NCC1(CS(C)(=O)=O)CC1)N1CCSC(C(C)C)C1.I. The highest BCUT2D eigenvalue weighted by atomic mass is 127. The van der Waals surface area contributed by atoms with Crippen molar-refractivity contribution >= 4 is 51.5 Å². The van der Waals surface area contributed by atoms with Crippen LogP contribution in [0.5, 0.6) is 0 Å². The van der Waals surface area contributed by atoms with Crippen LogP contribution in [0.15, 0.2) is 4.99 Å². The lowest BCUT2D eigenvalue weighted by Crippen LogP contribution is -2.50. The fourth-order valence-corrected chi connectivity index (χ4v) is 5.78. The van der Waals surface area contributed by atoms with E-state index < -0.39 is 9.84 Å². The van der Waals surface area contributed by atoms with Crippen LogP contribution in [0, 0.1) is 11.3 Å². The topological polar surface area (TPSA) is 61.8 Å². The van der Waals surface area contributed by atoms with Gasteiger partial charge in [-0.25, -0.2) is 8.42 Å². The number of aliphatic imine (C=N–C) groups is 1. The normalized spacial score (nSPS) is 24.3. The molecule has 1 heterocycles. The molecule has 1 aliphatic heterocycles. The monoisotopic (exact) mass is 475 g/mol. The molecule has 2 aliphatic rings. The number of sulfone groups is 1. The highest BCUT2D eigenvalue weighted by molar-refractivity contribution is 14.0. The number of rotatable bonds is 5. The van der Waals surface area contributed by atoms with Gasteiger partial charge in [0.15, 0.2) is 5.96 Å². The molecule has 0 radical (unpaired) electrons. The molecule has 0 aromatic rings. The summed E-state index contributed by atoms with van der Waals surface area (Å²) in [5.41, 5.74) is -0.0640. The van der Waals surface area contributed by atoms with Crippen LogP contribution < -0.4 is 5.32 Å². The number of guanidine groups is 1. The Morgan fingerprint density at radius 2 is 2.09 bits per heavy atom. The highest BCUT2D eigenvalue weighted by Crippen LogP contribution is 2.46. The summed E-state index contributed by atoms with van der Waals surface area (Å²) in [5, 5.41) is 4.06. The Kier molecular flexibility index (Phi) is 7.98. The lowest BCUT2D eigenvalue weighted by Gasteiger charge is -2.36. The molecule has 1 saturated carbocycles. The second kappa shape index (κ2) is 8.60. The van der Waals surface area contributed by atoms with Crippen molar-refractivity contribution in [1.82, 2.24) is 10.2 Å². The van der Waals surface area contributed by atoms with Gasteiger partial charge in [0, 0.05) is 49.4 Å². The van der Waals surface area contributed by atoms with E-state index in [4.69, 9.17) is 0 Å². The molecule has 2 fully saturated rings. The third-order valence-corrected chi connectivity index (χ3v) is 7.17. The van der Waals surface area contributed by atoms with E-state index in [0.29, 0.717) is 17.7 Å². The van der Waals surface area contributed by atoms with Crippen molar-refractivity contribution in [3.8, 4) is 0 Å². The Hall–Kier alpha value is 0.300. The molecule has 8 heteroatoms. The maximum atomic E-state index is 11.5. The number of nitrogens with zero attached hydrogens (tertiary/aromatic N) is 2. The van der Waals surface area contributed by atoms with Crippen LogP contribution in [0.3, 0.4) is 0 Å². The van der Waals surface area contributed by atoms with E-state index in [1.54, 1.807) is 0 Å². The zero-order valence-electron chi connectivity index (χ0n) is 14.5. The van der Waals surface area contributed by atoms with Crippen molar-refractivity contribution in [2.75, 3.05) is 44.4 Å². The molecule has 0 aromatic heterocycles. The zero-order valence-corrected chi connectivity index (χ0v) is 18.5. The Balaban J connectivity index is 0.00000264. The maximum Gasteiger partial charge on any atom is 0.193 e. The summed E-state index contributed by atoms with van der Waals surface area (Å²) in [4.78, 5) is 6.72. The molecule has 1 saturated heterocycles. The van der Waals surface area contributed by atoms with Crippen LogP contribution in [0.4, 0.5) is 0 Å². The van der Waals surface area contributed by atoms with Gasteiger partial charge >= 0.3 is 0 Å². The minimum atomic E-state index is -2.92. The predicted octanol–water partition coefficient (Wildman–Crippen LogP) is 2.08. The van der Waals surface area contributed by atoms with Gasteiger partial charge in [-0.15, -0.1) is 24.0 Å². The number of hydrogen-bond acceptors (Lipinski definition) is 4. The van der Waals surface area contributed by atoms with Gasteiger partial charge in [-0.1, -0.05) is 13.8 Å². The molecular formula is C15H30IN3O2S2. The molecule has 0 aromatic carbocycles. The van der Waals surface area contributed by atoms with E-state index in [1.165, 1.54) is 6.26 Å². The fraction of sp³-hybridized carbons (Fsp3) is 0.933. The summed E-state index contributed by atoms with van der Waals surface area (Å²) < 4.78 is 23.1. The van der Waals surface area contributed by atoms with Crippen molar-refractivity contribution in [3.05, 3.63) is 0 Å². The summed E-state index contributed by atoms with van der Waals surface area (Å²) in [6, 6.07) is 0. The molecular weight excluding hydrogens is 445 g/mol. The molecule has 1 unspecified atom stereocenters. The Morgan fingerprint density at radius 1 is 1.43 bits per heavy atom. The van der Waals surface area contributed by atoms with Crippen molar-refractivity contribution < 1.29 is 8.42 Å². The van der Waals surface area contributed by atoms with Crippen molar-refractivity contribution in [3.63, 3.8) is 0 Å². The summed E-state index contributed by atoms with van der Waals surface area (Å²) in [7, 11) is -1.11. The summed E-state index contributed by atoms with van der Waals surface area (Å²) in [5.74, 6) is 2.99. The Morgan fingerprint density at radius 3 is 2.57 bits per heavy atom. The average Bonchev–Trinajstić information content (AvgIpc) is 3.17. The van der Waals surface area contributed by atoms with E-state index in [0.717, 1.165) is 37.6 Å². The molecule has 0 spiro atoms. The van der Waals surface area contributed by atoms with E-state index in [-0.39, 0.29) is 35.1 Å². The quantitative estimate of drug-likeness (QED) is 0.375. The molecule has 136 valence electrons. The van der Waals surface area contributed by atoms with Gasteiger partial charge in [0.1, 0.15) is 9.84 Å². The van der Waals surface area contributed by atoms with E-state index in [1.807, 2.05) is 18.8 Å². The van der Waals surface area contributed by atoms with Gasteiger partial charge in [-0.3, -0.25) is 4.99 Å². The highest BCUT2D eigenvalue weighted by Gasteiger charge is 2.45. The lowest BCUT2D eigenvalue weighted by molar-refractivity contribution is 0.376. The van der Waals surface area contributed by atoms with E-state index in [9.17, 15) is 8.42 Å². The van der Waals surface area contributed by atoms with Crippen LogP contribution in [-0.2, 0) is 9.84 Å². The Labute approximate surface area is 162 Å². The molecule has 0 amide bonds.